The lowest BCUT2D eigenvalue weighted by Gasteiger charge is -2.17. The van der Waals surface area contributed by atoms with Crippen molar-refractivity contribution < 1.29 is 4.79 Å². The maximum Gasteiger partial charge on any atom is 0.271 e. The highest BCUT2D eigenvalue weighted by Crippen LogP contribution is 2.21. The second-order valence-corrected chi connectivity index (χ2v) is 5.68. The summed E-state index contributed by atoms with van der Waals surface area (Å²) in [5, 5.41) is 4.04. The number of aromatic nitrogens is 1. The fraction of sp³-hybridized carbons (Fsp3) is 0.200. The van der Waals surface area contributed by atoms with Crippen LogP contribution >= 0.6 is 34.8 Å². The maximum atomic E-state index is 12.3. The van der Waals surface area contributed by atoms with E-state index in [-0.39, 0.29) is 27.8 Å². The van der Waals surface area contributed by atoms with E-state index < -0.39 is 0 Å². The smallest absolute Gasteiger partial charge is 0.271 e. The zero-order valence-corrected chi connectivity index (χ0v) is 13.5. The summed E-state index contributed by atoms with van der Waals surface area (Å²) >= 11 is 17.7. The average Bonchev–Trinajstić information content (AvgIpc) is 2.48. The number of hydrogen-bond acceptors (Lipinski definition) is 2. The molecule has 1 N–H and O–H groups in total. The minimum atomic E-state index is -0.357. The van der Waals surface area contributed by atoms with Gasteiger partial charge in [0.2, 0.25) is 0 Å². The molecule has 1 amide bonds. The lowest BCUT2D eigenvalue weighted by atomic mass is 10.0. The van der Waals surface area contributed by atoms with Crippen molar-refractivity contribution in [3.63, 3.8) is 0 Å². The van der Waals surface area contributed by atoms with Gasteiger partial charge in [-0.15, -0.1) is 0 Å². The summed E-state index contributed by atoms with van der Waals surface area (Å²) in [5.74, 6) is -0.357. The normalized spacial score (nSPS) is 12.0. The molecule has 2 rings (SSSR count). The molecule has 6 heteroatoms. The number of benzene rings is 1. The Kier molecular flexibility index (Phi) is 5.45. The van der Waals surface area contributed by atoms with Gasteiger partial charge in [0.15, 0.2) is 0 Å². The van der Waals surface area contributed by atoms with Crippen LogP contribution in [0.1, 0.15) is 35.4 Å². The number of nitrogens with one attached hydrogen (secondary N) is 1. The highest BCUT2D eigenvalue weighted by Gasteiger charge is 2.18. The molecule has 110 valence electrons. The molecular formula is C15H13Cl3N2O. The van der Waals surface area contributed by atoms with Gasteiger partial charge in [-0.2, -0.15) is 0 Å². The Morgan fingerprint density at radius 2 is 1.81 bits per heavy atom. The van der Waals surface area contributed by atoms with Crippen molar-refractivity contribution in [1.29, 1.82) is 0 Å². The third-order valence-corrected chi connectivity index (χ3v) is 3.78. The molecule has 1 aromatic heterocycles. The van der Waals surface area contributed by atoms with Crippen LogP contribution in [-0.4, -0.2) is 10.9 Å². The molecule has 1 aromatic carbocycles. The highest BCUT2D eigenvalue weighted by atomic mass is 35.5. The van der Waals surface area contributed by atoms with Crippen molar-refractivity contribution in [3.05, 3.63) is 62.9 Å². The van der Waals surface area contributed by atoms with Gasteiger partial charge in [-0.05, 0) is 36.2 Å². The number of rotatable bonds is 4. The molecule has 0 spiro atoms. The van der Waals surface area contributed by atoms with Crippen LogP contribution in [0.5, 0.6) is 0 Å². The highest BCUT2D eigenvalue weighted by molar-refractivity contribution is 6.34. The summed E-state index contributed by atoms with van der Waals surface area (Å²) in [6.45, 7) is 1.98. The topological polar surface area (TPSA) is 42.0 Å². The van der Waals surface area contributed by atoms with Crippen LogP contribution < -0.4 is 5.32 Å². The van der Waals surface area contributed by atoms with E-state index in [9.17, 15) is 4.79 Å². The molecule has 0 radical (unpaired) electrons. The monoisotopic (exact) mass is 342 g/mol. The number of carbonyl (C=O) groups is 1. The Bertz CT molecular complexity index is 644. The van der Waals surface area contributed by atoms with E-state index in [2.05, 4.69) is 10.3 Å². The molecule has 0 aliphatic carbocycles. The van der Waals surface area contributed by atoms with Crippen molar-refractivity contribution in [2.45, 2.75) is 19.4 Å². The number of pyridine rings is 1. The van der Waals surface area contributed by atoms with E-state index in [0.717, 1.165) is 12.0 Å². The van der Waals surface area contributed by atoms with Crippen molar-refractivity contribution in [2.24, 2.45) is 0 Å². The molecule has 0 aliphatic rings. The second kappa shape index (κ2) is 7.12. The summed E-state index contributed by atoms with van der Waals surface area (Å²) in [6, 6.07) is 10.3. The van der Waals surface area contributed by atoms with Crippen LogP contribution in [0.2, 0.25) is 15.2 Å². The van der Waals surface area contributed by atoms with Gasteiger partial charge in [0.25, 0.3) is 5.91 Å². The molecule has 1 unspecified atom stereocenters. The fourth-order valence-corrected chi connectivity index (χ4v) is 2.38. The van der Waals surface area contributed by atoms with Crippen LogP contribution in [0.15, 0.2) is 36.4 Å². The van der Waals surface area contributed by atoms with E-state index in [1.807, 2.05) is 19.1 Å². The van der Waals surface area contributed by atoms with Gasteiger partial charge in [0, 0.05) is 5.02 Å². The zero-order valence-electron chi connectivity index (χ0n) is 11.2. The first-order valence-corrected chi connectivity index (χ1v) is 7.53. The molecule has 0 fully saturated rings. The predicted molar refractivity (Wildman–Crippen MR) is 86.2 cm³/mol. The second-order valence-electron chi connectivity index (χ2n) is 4.45. The van der Waals surface area contributed by atoms with Crippen molar-refractivity contribution in [3.8, 4) is 0 Å². The lowest BCUT2D eigenvalue weighted by molar-refractivity contribution is 0.0930. The van der Waals surface area contributed by atoms with Gasteiger partial charge >= 0.3 is 0 Å². The lowest BCUT2D eigenvalue weighted by Crippen LogP contribution is -2.29. The number of halogens is 3. The first-order valence-electron chi connectivity index (χ1n) is 6.39. The van der Waals surface area contributed by atoms with Crippen LogP contribution in [-0.2, 0) is 0 Å². The Labute approximate surface area is 138 Å². The van der Waals surface area contributed by atoms with Gasteiger partial charge < -0.3 is 5.32 Å². The quantitative estimate of drug-likeness (QED) is 0.800. The summed E-state index contributed by atoms with van der Waals surface area (Å²) < 4.78 is 0. The average molecular weight is 344 g/mol. The van der Waals surface area contributed by atoms with Gasteiger partial charge in [-0.3, -0.25) is 4.79 Å². The van der Waals surface area contributed by atoms with E-state index in [4.69, 9.17) is 34.8 Å². The Morgan fingerprint density at radius 3 is 2.43 bits per heavy atom. The van der Waals surface area contributed by atoms with Gasteiger partial charge in [-0.25, -0.2) is 4.98 Å². The van der Waals surface area contributed by atoms with E-state index in [0.29, 0.717) is 5.02 Å². The van der Waals surface area contributed by atoms with E-state index in [1.165, 1.54) is 6.07 Å². The molecule has 2 aromatic rings. The summed E-state index contributed by atoms with van der Waals surface area (Å²) in [7, 11) is 0. The molecule has 0 saturated heterocycles. The fourth-order valence-electron chi connectivity index (χ4n) is 1.92. The van der Waals surface area contributed by atoms with E-state index in [1.54, 1.807) is 18.2 Å². The van der Waals surface area contributed by atoms with Crippen molar-refractivity contribution in [2.75, 3.05) is 0 Å². The Balaban J connectivity index is 2.20. The molecular weight excluding hydrogens is 331 g/mol. The Hall–Kier alpha value is -1.29. The van der Waals surface area contributed by atoms with Crippen LogP contribution in [0, 0.1) is 0 Å². The summed E-state index contributed by atoms with van der Waals surface area (Å²) in [5.41, 5.74) is 1.09. The van der Waals surface area contributed by atoms with Crippen molar-refractivity contribution in [1.82, 2.24) is 10.3 Å². The molecule has 21 heavy (non-hydrogen) atoms. The Morgan fingerprint density at radius 1 is 1.14 bits per heavy atom. The molecule has 0 saturated carbocycles. The standard InChI is InChI=1S/C15H13Cl3N2O/c1-2-12(9-3-5-10(16)6-4-9)19-15(21)14-11(17)7-8-13(18)20-14/h3-8,12H,2H2,1H3,(H,19,21). The minimum absolute atomic E-state index is 0.122. The zero-order chi connectivity index (χ0) is 15.4. The first kappa shape index (κ1) is 16.1. The largest absolute Gasteiger partial charge is 0.344 e. The summed E-state index contributed by atoms with van der Waals surface area (Å²) in [6.07, 6.45) is 0.728. The molecule has 3 nitrogen and oxygen atoms in total. The number of carbonyl (C=O) groups excluding carboxylic acids is 1. The van der Waals surface area contributed by atoms with Crippen LogP contribution in [0.25, 0.3) is 0 Å². The maximum absolute atomic E-state index is 12.3. The molecule has 0 aliphatic heterocycles. The van der Waals surface area contributed by atoms with E-state index >= 15 is 0 Å². The minimum Gasteiger partial charge on any atom is -0.344 e. The number of amides is 1. The van der Waals surface area contributed by atoms with Gasteiger partial charge in [0.05, 0.1) is 11.1 Å². The van der Waals surface area contributed by atoms with Gasteiger partial charge in [0.1, 0.15) is 10.8 Å². The predicted octanol–water partition coefficient (Wildman–Crippen LogP) is 4.92. The summed E-state index contributed by atoms with van der Waals surface area (Å²) in [4.78, 5) is 16.3. The van der Waals surface area contributed by atoms with Crippen LogP contribution in [0.3, 0.4) is 0 Å². The van der Waals surface area contributed by atoms with Crippen LogP contribution in [0.4, 0.5) is 0 Å². The van der Waals surface area contributed by atoms with Crippen molar-refractivity contribution >= 4 is 40.7 Å². The third-order valence-electron chi connectivity index (χ3n) is 3.01. The number of nitrogens with zero attached hydrogens (tertiary/aromatic N) is 1. The first-order chi connectivity index (χ1) is 10.0. The number of hydrogen-bond donors (Lipinski definition) is 1. The molecule has 0 bridgehead atoms. The molecule has 1 heterocycles. The third kappa shape index (κ3) is 4.10. The molecule has 1 atom stereocenters. The SMILES string of the molecule is CCC(NC(=O)c1nc(Cl)ccc1Cl)c1ccc(Cl)cc1. The van der Waals surface area contributed by atoms with Gasteiger partial charge in [-0.1, -0.05) is 53.9 Å².